The number of nitrogens with zero attached hydrogens (tertiary/aromatic N) is 1. The minimum absolute atomic E-state index is 0.394. The smallest absolute Gasteiger partial charge is 0.0624 e. The second-order valence-electron chi connectivity index (χ2n) is 6.47. The van der Waals surface area contributed by atoms with E-state index in [1.165, 1.54) is 19.3 Å². The molecule has 0 aliphatic heterocycles. The molecular weight excluding hydrogens is 182 g/mol. The maximum atomic E-state index is 8.90. The van der Waals surface area contributed by atoms with Crippen LogP contribution in [0.15, 0.2) is 0 Å². The molecule has 0 aromatic rings. The van der Waals surface area contributed by atoms with Gasteiger partial charge in [-0.25, -0.2) is 0 Å². The molecule has 4 atom stereocenters. The normalized spacial score (nSPS) is 43.9. The summed E-state index contributed by atoms with van der Waals surface area (Å²) in [5, 5.41) is 8.90. The maximum absolute atomic E-state index is 8.90. The summed E-state index contributed by atoms with van der Waals surface area (Å²) < 4.78 is 0. The maximum Gasteiger partial charge on any atom is 0.0624 e. The Labute approximate surface area is 93.9 Å². The van der Waals surface area contributed by atoms with Gasteiger partial charge in [-0.2, -0.15) is 5.26 Å². The molecule has 2 aliphatic carbocycles. The van der Waals surface area contributed by atoms with Gasteiger partial charge in [-0.15, -0.1) is 0 Å². The van der Waals surface area contributed by atoms with Crippen LogP contribution >= 0.6 is 0 Å². The first kappa shape index (κ1) is 11.0. The lowest BCUT2D eigenvalue weighted by Crippen LogP contribution is -2.45. The first-order chi connectivity index (χ1) is 6.94. The van der Waals surface area contributed by atoms with Crippen molar-refractivity contribution in [3.05, 3.63) is 0 Å². The minimum Gasteiger partial charge on any atom is -0.198 e. The van der Waals surface area contributed by atoms with Gasteiger partial charge in [0, 0.05) is 6.42 Å². The molecule has 15 heavy (non-hydrogen) atoms. The van der Waals surface area contributed by atoms with Crippen LogP contribution in [-0.4, -0.2) is 0 Å². The third-order valence-electron chi connectivity index (χ3n) is 6.11. The van der Waals surface area contributed by atoms with Crippen LogP contribution in [0.5, 0.6) is 0 Å². The van der Waals surface area contributed by atoms with Crippen molar-refractivity contribution in [2.75, 3.05) is 0 Å². The van der Waals surface area contributed by atoms with Crippen LogP contribution < -0.4 is 0 Å². The van der Waals surface area contributed by atoms with E-state index in [0.717, 1.165) is 18.3 Å². The van der Waals surface area contributed by atoms with Crippen LogP contribution in [0.2, 0.25) is 0 Å². The van der Waals surface area contributed by atoms with Crippen molar-refractivity contribution in [3.63, 3.8) is 0 Å². The largest absolute Gasteiger partial charge is 0.198 e. The Hall–Kier alpha value is -0.510. The highest BCUT2D eigenvalue weighted by molar-refractivity contribution is 5.11. The van der Waals surface area contributed by atoms with E-state index >= 15 is 0 Å². The highest BCUT2D eigenvalue weighted by atomic mass is 14.7. The average Bonchev–Trinajstić information content (AvgIpc) is 2.70. The SMILES string of the molecule is CC(CC#N)C1(C)C2CCC(C2)C1(C)C. The van der Waals surface area contributed by atoms with Crippen molar-refractivity contribution >= 4 is 0 Å². The molecule has 0 aromatic heterocycles. The number of nitriles is 1. The molecule has 1 heteroatoms. The standard InChI is InChI=1S/C14H23N/c1-10(7-8-15)14(4)12-6-5-11(9-12)13(14,2)3/h10-12H,5-7,9H2,1-4H3. The van der Waals surface area contributed by atoms with Crippen LogP contribution in [0, 0.1) is 39.9 Å². The summed E-state index contributed by atoms with van der Waals surface area (Å²) in [7, 11) is 0. The lowest BCUT2D eigenvalue weighted by atomic mass is 9.53. The lowest BCUT2D eigenvalue weighted by Gasteiger charge is -2.51. The molecule has 2 bridgehead atoms. The van der Waals surface area contributed by atoms with Gasteiger partial charge < -0.3 is 0 Å². The average molecular weight is 205 g/mol. The van der Waals surface area contributed by atoms with Crippen LogP contribution in [0.25, 0.3) is 0 Å². The second-order valence-corrected chi connectivity index (χ2v) is 6.47. The zero-order chi connectivity index (χ0) is 11.3. The van der Waals surface area contributed by atoms with E-state index in [0.29, 0.717) is 16.7 Å². The van der Waals surface area contributed by atoms with Crippen LogP contribution in [0.1, 0.15) is 53.4 Å². The molecule has 0 spiro atoms. The van der Waals surface area contributed by atoms with Gasteiger partial charge in [0.05, 0.1) is 6.07 Å². The molecule has 0 amide bonds. The van der Waals surface area contributed by atoms with E-state index in [1.54, 1.807) is 0 Å². The van der Waals surface area contributed by atoms with Gasteiger partial charge in [-0.05, 0) is 47.8 Å². The van der Waals surface area contributed by atoms with Gasteiger partial charge in [0.2, 0.25) is 0 Å². The Balaban J connectivity index is 2.31. The number of hydrogen-bond donors (Lipinski definition) is 0. The summed E-state index contributed by atoms with van der Waals surface area (Å²) in [5.41, 5.74) is 0.831. The Kier molecular flexibility index (Phi) is 2.37. The fourth-order valence-electron chi connectivity index (χ4n) is 4.53. The monoisotopic (exact) mass is 205 g/mol. The molecule has 0 radical (unpaired) electrons. The van der Waals surface area contributed by atoms with Crippen molar-refractivity contribution in [2.24, 2.45) is 28.6 Å². The van der Waals surface area contributed by atoms with E-state index in [2.05, 4.69) is 33.8 Å². The molecule has 2 rings (SSSR count). The van der Waals surface area contributed by atoms with E-state index in [1.807, 2.05) is 0 Å². The Bertz CT molecular complexity index is 299. The minimum atomic E-state index is 0.394. The Morgan fingerprint density at radius 3 is 2.33 bits per heavy atom. The summed E-state index contributed by atoms with van der Waals surface area (Å²) in [4.78, 5) is 0. The molecule has 2 fully saturated rings. The molecule has 0 heterocycles. The molecule has 4 unspecified atom stereocenters. The van der Waals surface area contributed by atoms with Crippen LogP contribution in [0.3, 0.4) is 0 Å². The van der Waals surface area contributed by atoms with E-state index in [4.69, 9.17) is 5.26 Å². The first-order valence-corrected chi connectivity index (χ1v) is 6.31. The van der Waals surface area contributed by atoms with E-state index < -0.39 is 0 Å². The summed E-state index contributed by atoms with van der Waals surface area (Å²) >= 11 is 0. The summed E-state index contributed by atoms with van der Waals surface area (Å²) in [5.74, 6) is 2.34. The third-order valence-corrected chi connectivity index (χ3v) is 6.11. The fraction of sp³-hybridized carbons (Fsp3) is 0.929. The predicted octanol–water partition coefficient (Wildman–Crippen LogP) is 4.00. The van der Waals surface area contributed by atoms with Crippen molar-refractivity contribution in [1.82, 2.24) is 0 Å². The quantitative estimate of drug-likeness (QED) is 0.668. The summed E-state index contributed by atoms with van der Waals surface area (Å²) in [6.07, 6.45) is 4.97. The van der Waals surface area contributed by atoms with Gasteiger partial charge >= 0.3 is 0 Å². The zero-order valence-corrected chi connectivity index (χ0v) is 10.5. The van der Waals surface area contributed by atoms with Gasteiger partial charge in [0.15, 0.2) is 0 Å². The number of fused-ring (bicyclic) bond motifs is 2. The predicted molar refractivity (Wildman–Crippen MR) is 62.1 cm³/mol. The summed E-state index contributed by atoms with van der Waals surface area (Å²) in [6.45, 7) is 9.60. The number of rotatable bonds is 2. The van der Waals surface area contributed by atoms with E-state index in [-0.39, 0.29) is 0 Å². The highest BCUT2D eigenvalue weighted by Crippen LogP contribution is 2.69. The molecule has 2 saturated carbocycles. The Morgan fingerprint density at radius 2 is 1.87 bits per heavy atom. The third kappa shape index (κ3) is 1.20. The second kappa shape index (κ2) is 3.24. The highest BCUT2D eigenvalue weighted by Gasteiger charge is 2.61. The van der Waals surface area contributed by atoms with Gasteiger partial charge in [-0.1, -0.05) is 27.7 Å². The molecule has 1 nitrogen and oxygen atoms in total. The van der Waals surface area contributed by atoms with Crippen molar-refractivity contribution in [3.8, 4) is 6.07 Å². The van der Waals surface area contributed by atoms with Gasteiger partial charge in [0.1, 0.15) is 0 Å². The van der Waals surface area contributed by atoms with Crippen molar-refractivity contribution in [2.45, 2.75) is 53.4 Å². The molecule has 2 aliphatic rings. The molecular formula is C14H23N. The number of hydrogen-bond acceptors (Lipinski definition) is 1. The lowest BCUT2D eigenvalue weighted by molar-refractivity contribution is -0.0262. The molecule has 0 N–H and O–H groups in total. The van der Waals surface area contributed by atoms with Crippen LogP contribution in [-0.2, 0) is 0 Å². The van der Waals surface area contributed by atoms with E-state index in [9.17, 15) is 0 Å². The first-order valence-electron chi connectivity index (χ1n) is 6.31. The van der Waals surface area contributed by atoms with Crippen molar-refractivity contribution < 1.29 is 0 Å². The molecule has 84 valence electrons. The molecule has 0 saturated heterocycles. The molecule has 0 aromatic carbocycles. The fourth-order valence-corrected chi connectivity index (χ4v) is 4.53. The summed E-state index contributed by atoms with van der Waals surface area (Å²) in [6, 6.07) is 2.37. The van der Waals surface area contributed by atoms with Gasteiger partial charge in [0.25, 0.3) is 0 Å². The zero-order valence-electron chi connectivity index (χ0n) is 10.5. The van der Waals surface area contributed by atoms with Gasteiger partial charge in [-0.3, -0.25) is 0 Å². The van der Waals surface area contributed by atoms with Crippen LogP contribution in [0.4, 0.5) is 0 Å². The Morgan fingerprint density at radius 1 is 1.27 bits per heavy atom. The van der Waals surface area contributed by atoms with Crippen molar-refractivity contribution in [1.29, 1.82) is 5.26 Å². The topological polar surface area (TPSA) is 23.8 Å².